The maximum absolute atomic E-state index is 11.7. The highest BCUT2D eigenvalue weighted by Gasteiger charge is 2.52. The monoisotopic (exact) mass is 229 g/mol. The summed E-state index contributed by atoms with van der Waals surface area (Å²) in [5, 5.41) is 11.3. The molecule has 5 nitrogen and oxygen atoms in total. The summed E-state index contributed by atoms with van der Waals surface area (Å²) in [7, 11) is 1.32. The number of aliphatic carboxylic acids is 1. The number of hydrogen-bond acceptors (Lipinski definition) is 3. The highest BCUT2D eigenvalue weighted by molar-refractivity contribution is 5.83. The Labute approximate surface area is 95.2 Å². The first kappa shape index (κ1) is 13.0. The lowest BCUT2D eigenvalue weighted by Gasteiger charge is -2.12. The van der Waals surface area contributed by atoms with Gasteiger partial charge in [0, 0.05) is 13.0 Å². The van der Waals surface area contributed by atoms with Crippen molar-refractivity contribution >= 4 is 11.9 Å². The lowest BCUT2D eigenvalue weighted by atomic mass is 10.0. The van der Waals surface area contributed by atoms with Crippen molar-refractivity contribution in [3.05, 3.63) is 0 Å². The van der Waals surface area contributed by atoms with Crippen LogP contribution in [0.4, 0.5) is 0 Å². The zero-order valence-corrected chi connectivity index (χ0v) is 9.95. The Morgan fingerprint density at radius 3 is 2.62 bits per heavy atom. The van der Waals surface area contributed by atoms with Gasteiger partial charge < -0.3 is 15.2 Å². The number of carbonyl (C=O) groups excluding carboxylic acids is 1. The third kappa shape index (κ3) is 2.72. The topological polar surface area (TPSA) is 75.6 Å². The van der Waals surface area contributed by atoms with Gasteiger partial charge in [0.05, 0.1) is 6.54 Å². The van der Waals surface area contributed by atoms with Crippen LogP contribution in [0.3, 0.4) is 0 Å². The van der Waals surface area contributed by atoms with Gasteiger partial charge in [-0.05, 0) is 18.3 Å². The number of amides is 1. The summed E-state index contributed by atoms with van der Waals surface area (Å²) >= 11 is 0. The van der Waals surface area contributed by atoms with Crippen LogP contribution in [0.2, 0.25) is 0 Å². The summed E-state index contributed by atoms with van der Waals surface area (Å²) in [5.41, 5.74) is 0.107. The van der Waals surface area contributed by atoms with E-state index in [-0.39, 0.29) is 23.8 Å². The minimum atomic E-state index is -1.06. The van der Waals surface area contributed by atoms with Gasteiger partial charge in [0.15, 0.2) is 6.10 Å². The van der Waals surface area contributed by atoms with E-state index >= 15 is 0 Å². The molecule has 0 aromatic rings. The van der Waals surface area contributed by atoms with Gasteiger partial charge in [-0.15, -0.1) is 0 Å². The van der Waals surface area contributed by atoms with E-state index in [0.717, 1.165) is 12.8 Å². The summed E-state index contributed by atoms with van der Waals surface area (Å²) in [6, 6.07) is 0. The maximum Gasteiger partial charge on any atom is 0.334 e. The molecule has 3 unspecified atom stereocenters. The summed E-state index contributed by atoms with van der Waals surface area (Å²) < 4.78 is 4.73. The minimum Gasteiger partial charge on any atom is -0.479 e. The SMILES string of the molecule is CCC1(C)CC1C(=O)NCC(OC)C(=O)O. The fourth-order valence-corrected chi connectivity index (χ4v) is 1.80. The molecule has 0 aliphatic heterocycles. The molecule has 1 rings (SSSR count). The first-order valence-electron chi connectivity index (χ1n) is 5.48. The first-order chi connectivity index (χ1) is 7.44. The Morgan fingerprint density at radius 2 is 2.25 bits per heavy atom. The summed E-state index contributed by atoms with van der Waals surface area (Å²) in [6.07, 6.45) is 0.896. The van der Waals surface area contributed by atoms with Crippen molar-refractivity contribution in [1.82, 2.24) is 5.32 Å². The summed E-state index contributed by atoms with van der Waals surface area (Å²) in [4.78, 5) is 22.3. The molecule has 1 amide bonds. The fraction of sp³-hybridized carbons (Fsp3) is 0.818. The number of ether oxygens (including phenoxy) is 1. The fourth-order valence-electron chi connectivity index (χ4n) is 1.80. The van der Waals surface area contributed by atoms with Crippen LogP contribution in [0.1, 0.15) is 26.7 Å². The van der Waals surface area contributed by atoms with Gasteiger partial charge >= 0.3 is 5.97 Å². The Balaban J connectivity index is 2.34. The van der Waals surface area contributed by atoms with Gasteiger partial charge in [0.1, 0.15) is 0 Å². The Morgan fingerprint density at radius 1 is 1.62 bits per heavy atom. The molecule has 5 heteroatoms. The van der Waals surface area contributed by atoms with Crippen LogP contribution in [0.5, 0.6) is 0 Å². The van der Waals surface area contributed by atoms with Gasteiger partial charge in [-0.25, -0.2) is 4.79 Å². The number of hydrogen-bond donors (Lipinski definition) is 2. The lowest BCUT2D eigenvalue weighted by Crippen LogP contribution is -2.39. The van der Waals surface area contributed by atoms with Gasteiger partial charge in [-0.3, -0.25) is 4.79 Å². The normalized spacial score (nSPS) is 29.6. The average Bonchev–Trinajstić information content (AvgIpc) is 2.92. The van der Waals surface area contributed by atoms with Crippen molar-refractivity contribution in [1.29, 1.82) is 0 Å². The van der Waals surface area contributed by atoms with E-state index in [0.29, 0.717) is 0 Å². The molecule has 92 valence electrons. The molecule has 0 radical (unpaired) electrons. The molecule has 0 aromatic heterocycles. The number of nitrogens with one attached hydrogen (secondary N) is 1. The molecule has 0 saturated heterocycles. The van der Waals surface area contributed by atoms with Crippen molar-refractivity contribution in [3.63, 3.8) is 0 Å². The van der Waals surface area contributed by atoms with Crippen LogP contribution in [-0.2, 0) is 14.3 Å². The molecule has 0 heterocycles. The molecule has 0 aromatic carbocycles. The second-order valence-electron chi connectivity index (χ2n) is 4.57. The summed E-state index contributed by atoms with van der Waals surface area (Å²) in [6.45, 7) is 4.16. The molecule has 0 spiro atoms. The molecule has 16 heavy (non-hydrogen) atoms. The minimum absolute atomic E-state index is 0.0287. The van der Waals surface area contributed by atoms with E-state index in [1.54, 1.807) is 0 Å². The predicted octanol–water partition coefficient (Wildman–Crippen LogP) is 0.638. The van der Waals surface area contributed by atoms with E-state index in [2.05, 4.69) is 19.2 Å². The molecule has 3 atom stereocenters. The third-order valence-corrected chi connectivity index (χ3v) is 3.50. The highest BCUT2D eigenvalue weighted by atomic mass is 16.5. The number of rotatable bonds is 6. The molecular weight excluding hydrogens is 210 g/mol. The van der Waals surface area contributed by atoms with E-state index in [9.17, 15) is 9.59 Å². The zero-order chi connectivity index (χ0) is 12.3. The van der Waals surface area contributed by atoms with Crippen molar-refractivity contribution < 1.29 is 19.4 Å². The number of carboxylic acid groups (broad SMARTS) is 1. The Kier molecular flexibility index (Phi) is 3.91. The van der Waals surface area contributed by atoms with Crippen LogP contribution in [0.15, 0.2) is 0 Å². The van der Waals surface area contributed by atoms with E-state index in [1.807, 2.05) is 0 Å². The lowest BCUT2D eigenvalue weighted by molar-refractivity contribution is -0.148. The molecule has 0 bridgehead atoms. The van der Waals surface area contributed by atoms with Crippen LogP contribution in [-0.4, -0.2) is 36.7 Å². The quantitative estimate of drug-likeness (QED) is 0.700. The Bertz CT molecular complexity index is 292. The first-order valence-corrected chi connectivity index (χ1v) is 5.48. The predicted molar refractivity (Wildman–Crippen MR) is 57.9 cm³/mol. The average molecular weight is 229 g/mol. The molecule has 1 saturated carbocycles. The van der Waals surface area contributed by atoms with Gasteiger partial charge in [0.2, 0.25) is 5.91 Å². The van der Waals surface area contributed by atoms with Gasteiger partial charge in [-0.1, -0.05) is 13.8 Å². The van der Waals surface area contributed by atoms with Crippen LogP contribution < -0.4 is 5.32 Å². The van der Waals surface area contributed by atoms with Crippen molar-refractivity contribution in [3.8, 4) is 0 Å². The molecule has 1 fully saturated rings. The number of methoxy groups -OCH3 is 1. The van der Waals surface area contributed by atoms with Crippen molar-refractivity contribution in [2.24, 2.45) is 11.3 Å². The van der Waals surface area contributed by atoms with E-state index < -0.39 is 12.1 Å². The smallest absolute Gasteiger partial charge is 0.334 e. The second-order valence-corrected chi connectivity index (χ2v) is 4.57. The van der Waals surface area contributed by atoms with Crippen molar-refractivity contribution in [2.45, 2.75) is 32.8 Å². The van der Waals surface area contributed by atoms with Gasteiger partial charge in [0.25, 0.3) is 0 Å². The zero-order valence-electron chi connectivity index (χ0n) is 9.95. The number of carbonyl (C=O) groups is 2. The van der Waals surface area contributed by atoms with Gasteiger partial charge in [-0.2, -0.15) is 0 Å². The Hall–Kier alpha value is -1.10. The molecule has 2 N–H and O–H groups in total. The van der Waals surface area contributed by atoms with Crippen LogP contribution >= 0.6 is 0 Å². The standard InChI is InChI=1S/C11H19NO4/c1-4-11(2)5-7(11)9(13)12-6-8(16-3)10(14)15/h7-8H,4-6H2,1-3H3,(H,12,13)(H,14,15). The van der Waals surface area contributed by atoms with Crippen LogP contribution in [0, 0.1) is 11.3 Å². The largest absolute Gasteiger partial charge is 0.479 e. The van der Waals surface area contributed by atoms with Crippen LogP contribution in [0.25, 0.3) is 0 Å². The number of carboxylic acids is 1. The third-order valence-electron chi connectivity index (χ3n) is 3.50. The van der Waals surface area contributed by atoms with E-state index in [4.69, 9.17) is 9.84 Å². The second kappa shape index (κ2) is 4.82. The molecule has 1 aliphatic rings. The maximum atomic E-state index is 11.7. The van der Waals surface area contributed by atoms with E-state index in [1.165, 1.54) is 7.11 Å². The highest BCUT2D eigenvalue weighted by Crippen LogP contribution is 2.54. The molecule has 1 aliphatic carbocycles. The molecular formula is C11H19NO4. The summed E-state index contributed by atoms with van der Waals surface area (Å²) in [5.74, 6) is -1.09. The van der Waals surface area contributed by atoms with Crippen molar-refractivity contribution in [2.75, 3.05) is 13.7 Å².